The summed E-state index contributed by atoms with van der Waals surface area (Å²) in [5.74, 6) is -1.84. The minimum atomic E-state index is -2.16. The molecule has 1 N–H and O–H groups in total. The number of esters is 3. The van der Waals surface area contributed by atoms with Crippen LogP contribution in [-0.2, 0) is 37.8 Å². The van der Waals surface area contributed by atoms with E-state index in [-0.39, 0.29) is 6.61 Å². The fourth-order valence-corrected chi connectivity index (χ4v) is 3.49. The number of hydrogen-bond donors (Lipinski definition) is 1. The van der Waals surface area contributed by atoms with Crippen LogP contribution >= 0.6 is 0 Å². The quantitative estimate of drug-likeness (QED) is 0.397. The van der Waals surface area contributed by atoms with E-state index in [9.17, 15) is 19.5 Å². The van der Waals surface area contributed by atoms with Gasteiger partial charge in [-0.1, -0.05) is 0 Å². The second-order valence-corrected chi connectivity index (χ2v) is 11.2. The zero-order valence-electron chi connectivity index (χ0n) is 15.3. The summed E-state index contributed by atoms with van der Waals surface area (Å²) in [6.45, 7) is 8.97. The molecular formula is C15H26O9Si. The van der Waals surface area contributed by atoms with E-state index in [1.807, 2.05) is 19.6 Å². The smallest absolute Gasteiger partial charge is 0.303 e. The Labute approximate surface area is 147 Å². The van der Waals surface area contributed by atoms with E-state index >= 15 is 0 Å². The highest BCUT2D eigenvalue weighted by Crippen LogP contribution is 2.29. The van der Waals surface area contributed by atoms with E-state index in [1.165, 1.54) is 20.8 Å². The predicted molar refractivity (Wildman–Crippen MR) is 86.8 cm³/mol. The van der Waals surface area contributed by atoms with Crippen molar-refractivity contribution in [2.24, 2.45) is 0 Å². The molecule has 10 heteroatoms. The highest BCUT2D eigenvalue weighted by Gasteiger charge is 2.51. The van der Waals surface area contributed by atoms with Crippen LogP contribution < -0.4 is 0 Å². The number of aliphatic hydroxyl groups excluding tert-OH is 1. The number of aliphatic hydroxyl groups is 1. The third kappa shape index (κ3) is 7.10. The summed E-state index contributed by atoms with van der Waals surface area (Å²) in [5, 5.41) is 10.3. The van der Waals surface area contributed by atoms with Crippen LogP contribution in [0.25, 0.3) is 0 Å². The first-order chi connectivity index (χ1) is 11.4. The molecule has 9 nitrogen and oxygen atoms in total. The van der Waals surface area contributed by atoms with Gasteiger partial charge in [0.05, 0.1) is 0 Å². The summed E-state index contributed by atoms with van der Waals surface area (Å²) in [6, 6.07) is 0. The molecule has 0 aromatic heterocycles. The van der Waals surface area contributed by atoms with Gasteiger partial charge in [0.1, 0.15) is 18.8 Å². The molecule has 0 aromatic rings. The van der Waals surface area contributed by atoms with Gasteiger partial charge in [0.15, 0.2) is 26.8 Å². The molecule has 0 aliphatic carbocycles. The van der Waals surface area contributed by atoms with Crippen LogP contribution in [0, 0.1) is 0 Å². The Kier molecular flexibility index (Phi) is 7.54. The van der Waals surface area contributed by atoms with Crippen molar-refractivity contribution in [1.29, 1.82) is 0 Å². The van der Waals surface area contributed by atoms with Crippen LogP contribution in [0.15, 0.2) is 0 Å². The fourth-order valence-electron chi connectivity index (χ4n) is 2.42. The van der Waals surface area contributed by atoms with Crippen LogP contribution in [0.2, 0.25) is 19.6 Å². The molecule has 1 heterocycles. The molecule has 25 heavy (non-hydrogen) atoms. The Morgan fingerprint density at radius 2 is 1.44 bits per heavy atom. The first kappa shape index (κ1) is 21.5. The van der Waals surface area contributed by atoms with Gasteiger partial charge >= 0.3 is 17.9 Å². The molecule has 0 radical (unpaired) electrons. The normalized spacial score (nSPS) is 29.6. The largest absolute Gasteiger partial charge is 0.463 e. The van der Waals surface area contributed by atoms with E-state index in [4.69, 9.17) is 23.4 Å². The molecule has 0 spiro atoms. The van der Waals surface area contributed by atoms with Crippen LogP contribution in [-0.4, -0.2) is 68.6 Å². The van der Waals surface area contributed by atoms with Gasteiger partial charge in [-0.05, 0) is 19.6 Å². The highest BCUT2D eigenvalue weighted by atomic mass is 28.4. The molecule has 1 fully saturated rings. The lowest BCUT2D eigenvalue weighted by Gasteiger charge is -2.44. The number of carbonyl (C=O) groups excluding carboxylic acids is 3. The Morgan fingerprint density at radius 3 is 1.88 bits per heavy atom. The molecule has 0 amide bonds. The first-order valence-corrected chi connectivity index (χ1v) is 11.3. The molecule has 144 valence electrons. The molecule has 1 aliphatic heterocycles. The van der Waals surface area contributed by atoms with Gasteiger partial charge in [0.25, 0.3) is 0 Å². The lowest BCUT2D eigenvalue weighted by molar-refractivity contribution is -0.289. The Hall–Kier alpha value is -1.49. The summed E-state index contributed by atoms with van der Waals surface area (Å²) < 4.78 is 26.7. The Balaban J connectivity index is 3.14. The van der Waals surface area contributed by atoms with Crippen molar-refractivity contribution < 1.29 is 42.9 Å². The minimum Gasteiger partial charge on any atom is -0.463 e. The van der Waals surface area contributed by atoms with E-state index in [2.05, 4.69) is 0 Å². The molecule has 1 aliphatic rings. The van der Waals surface area contributed by atoms with Gasteiger partial charge in [-0.15, -0.1) is 0 Å². The molecule has 0 unspecified atom stereocenters. The van der Waals surface area contributed by atoms with E-state index in [1.54, 1.807) is 0 Å². The van der Waals surface area contributed by atoms with Crippen LogP contribution in [0.4, 0.5) is 0 Å². The van der Waals surface area contributed by atoms with Crippen LogP contribution in [0.1, 0.15) is 20.8 Å². The van der Waals surface area contributed by atoms with Crippen molar-refractivity contribution in [2.45, 2.75) is 71.1 Å². The lowest BCUT2D eigenvalue weighted by atomic mass is 9.98. The van der Waals surface area contributed by atoms with E-state index in [0.29, 0.717) is 0 Å². The van der Waals surface area contributed by atoms with E-state index in [0.717, 1.165) is 0 Å². The number of hydrogen-bond acceptors (Lipinski definition) is 9. The van der Waals surface area contributed by atoms with Crippen LogP contribution in [0.3, 0.4) is 0 Å². The predicted octanol–water partition coefficient (Wildman–Crippen LogP) is 0.350. The summed E-state index contributed by atoms with van der Waals surface area (Å²) in [6.07, 6.45) is -5.67. The van der Waals surface area contributed by atoms with Crippen molar-refractivity contribution in [2.75, 3.05) is 6.61 Å². The second kappa shape index (κ2) is 8.74. The van der Waals surface area contributed by atoms with Gasteiger partial charge in [-0.2, -0.15) is 0 Å². The van der Waals surface area contributed by atoms with Crippen molar-refractivity contribution in [1.82, 2.24) is 0 Å². The number of carbonyl (C=O) groups is 3. The van der Waals surface area contributed by atoms with Gasteiger partial charge in [0.2, 0.25) is 0 Å². The topological polar surface area (TPSA) is 118 Å². The second-order valence-electron chi connectivity index (χ2n) is 6.71. The molecular weight excluding hydrogens is 352 g/mol. The maximum absolute atomic E-state index is 11.5. The Morgan fingerprint density at radius 1 is 0.920 bits per heavy atom. The number of rotatable bonds is 6. The number of ether oxygens (including phenoxy) is 4. The maximum atomic E-state index is 11.5. The summed E-state index contributed by atoms with van der Waals surface area (Å²) in [7, 11) is -2.16. The monoisotopic (exact) mass is 378 g/mol. The molecule has 1 rings (SSSR count). The molecule has 0 bridgehead atoms. The average molecular weight is 378 g/mol. The standard InChI is InChI=1S/C15H26O9Si/c1-8(16)20-7-11-12(21-9(2)17)13(22-10(3)18)14(15(19)23-11)24-25(4,5)6/h11-15,19H,7H2,1-6H3/t11-,12+,13+,14-,15+/m1/s1. The van der Waals surface area contributed by atoms with Crippen molar-refractivity contribution in [3.63, 3.8) is 0 Å². The van der Waals surface area contributed by atoms with Gasteiger partial charge in [-0.3, -0.25) is 14.4 Å². The van der Waals surface area contributed by atoms with E-state index < -0.39 is 56.9 Å². The van der Waals surface area contributed by atoms with Crippen molar-refractivity contribution in [3.8, 4) is 0 Å². The zero-order chi connectivity index (χ0) is 19.4. The summed E-state index contributed by atoms with van der Waals surface area (Å²) in [5.41, 5.74) is 0. The van der Waals surface area contributed by atoms with Crippen molar-refractivity contribution >= 4 is 26.2 Å². The van der Waals surface area contributed by atoms with Crippen LogP contribution in [0.5, 0.6) is 0 Å². The zero-order valence-corrected chi connectivity index (χ0v) is 16.3. The Bertz CT molecular complexity index is 502. The van der Waals surface area contributed by atoms with Gasteiger partial charge in [0, 0.05) is 20.8 Å². The van der Waals surface area contributed by atoms with Crippen molar-refractivity contribution in [3.05, 3.63) is 0 Å². The SMILES string of the molecule is CC(=O)OC[C@H]1O[C@H](O)[C@H](O[Si](C)(C)C)[C@@H](OC(C)=O)[C@H]1OC(C)=O. The molecule has 5 atom stereocenters. The lowest BCUT2D eigenvalue weighted by Crippen LogP contribution is -2.63. The average Bonchev–Trinajstić information content (AvgIpc) is 2.41. The molecule has 1 saturated heterocycles. The molecule has 0 aromatic carbocycles. The van der Waals surface area contributed by atoms with Gasteiger partial charge < -0.3 is 28.5 Å². The third-order valence-electron chi connectivity index (χ3n) is 3.15. The fraction of sp³-hybridized carbons (Fsp3) is 0.800. The first-order valence-electron chi connectivity index (χ1n) is 7.90. The molecule has 0 saturated carbocycles. The third-order valence-corrected chi connectivity index (χ3v) is 4.13. The maximum Gasteiger partial charge on any atom is 0.303 e. The summed E-state index contributed by atoms with van der Waals surface area (Å²) in [4.78, 5) is 34.1. The highest BCUT2D eigenvalue weighted by molar-refractivity contribution is 6.69. The van der Waals surface area contributed by atoms with Gasteiger partial charge in [-0.25, -0.2) is 0 Å². The minimum absolute atomic E-state index is 0.276. The summed E-state index contributed by atoms with van der Waals surface area (Å²) >= 11 is 0.